The summed E-state index contributed by atoms with van der Waals surface area (Å²) in [6.07, 6.45) is 18.1. The first-order valence-electron chi connectivity index (χ1n) is 44.7. The minimum Gasteiger partial charge on any atom is -0.299 e. The van der Waals surface area contributed by atoms with Crippen molar-refractivity contribution in [3.63, 3.8) is 0 Å². The van der Waals surface area contributed by atoms with Gasteiger partial charge in [0, 0.05) is 75.9 Å². The molecular formula is C111H126N6. The van der Waals surface area contributed by atoms with Crippen LogP contribution in [0.3, 0.4) is 0 Å². The van der Waals surface area contributed by atoms with Gasteiger partial charge in [0.1, 0.15) is 16.9 Å². The zero-order valence-corrected chi connectivity index (χ0v) is 74.7. The van der Waals surface area contributed by atoms with Crippen LogP contribution in [0.4, 0.5) is 0 Å². The topological polar surface area (TPSA) is 51.9 Å². The van der Waals surface area contributed by atoms with E-state index in [9.17, 15) is 0 Å². The number of hydrogen-bond acceptors (Lipinski definition) is 3. The molecule has 12 aromatic carbocycles. The van der Waals surface area contributed by atoms with E-state index in [4.69, 9.17) is 15.0 Å². The average molecular weight is 1540 g/mol. The van der Waals surface area contributed by atoms with Crippen molar-refractivity contribution in [2.75, 3.05) is 0 Å². The smallest absolute Gasteiger partial charge is 0.145 e. The molecule has 117 heavy (non-hydrogen) atoms. The van der Waals surface area contributed by atoms with Gasteiger partial charge in [-0.1, -0.05) is 342 Å². The van der Waals surface area contributed by atoms with E-state index in [0.29, 0.717) is 0 Å². The minimum absolute atomic E-state index is 0.979. The molecule has 6 aromatic heterocycles. The van der Waals surface area contributed by atoms with Crippen molar-refractivity contribution in [2.24, 2.45) is 0 Å². The van der Waals surface area contributed by atoms with E-state index in [-0.39, 0.29) is 0 Å². The van der Waals surface area contributed by atoms with Crippen LogP contribution in [-0.4, -0.2) is 28.2 Å². The molecule has 6 heteroatoms. The Labute approximate surface area is 699 Å². The molecule has 0 spiro atoms. The van der Waals surface area contributed by atoms with Crippen molar-refractivity contribution in [3.05, 3.63) is 322 Å². The highest BCUT2D eigenvalue weighted by Crippen LogP contribution is 2.50. The summed E-state index contributed by atoms with van der Waals surface area (Å²) in [4.78, 5) is 14.4. The maximum atomic E-state index is 4.87. The van der Waals surface area contributed by atoms with Gasteiger partial charge in [-0.2, -0.15) is 0 Å². The van der Waals surface area contributed by atoms with E-state index < -0.39 is 0 Å². The van der Waals surface area contributed by atoms with Gasteiger partial charge in [0.05, 0.1) is 16.6 Å². The zero-order chi connectivity index (χ0) is 84.3. The molecule has 6 heterocycles. The summed E-state index contributed by atoms with van der Waals surface area (Å²) in [5.41, 5.74) is 40.5. The van der Waals surface area contributed by atoms with Crippen LogP contribution >= 0.6 is 0 Å². The lowest BCUT2D eigenvalue weighted by molar-refractivity contribution is 1.20. The third-order valence-corrected chi connectivity index (χ3v) is 21.9. The van der Waals surface area contributed by atoms with E-state index in [0.717, 1.165) is 55.5 Å². The second kappa shape index (κ2) is 40.7. The molecule has 6 aliphatic rings. The predicted octanol–water partition coefficient (Wildman–Crippen LogP) is 32.7. The molecule has 6 aliphatic carbocycles. The third-order valence-electron chi connectivity index (χ3n) is 21.9. The molecule has 0 atom stereocenters. The molecule has 0 fully saturated rings. The van der Waals surface area contributed by atoms with Crippen LogP contribution in [0.15, 0.2) is 256 Å². The van der Waals surface area contributed by atoms with Crippen LogP contribution in [0.5, 0.6) is 0 Å². The summed E-state index contributed by atoms with van der Waals surface area (Å²) in [6, 6.07) is 81.2. The van der Waals surface area contributed by atoms with E-state index in [1.54, 1.807) is 0 Å². The number of imidazole rings is 3. The van der Waals surface area contributed by atoms with Crippen molar-refractivity contribution >= 4 is 82.0 Å². The summed E-state index contributed by atoms with van der Waals surface area (Å²) in [6.45, 7) is 48.0. The highest BCUT2D eigenvalue weighted by molar-refractivity contribution is 6.19. The standard InChI is InChI=1S/3C29H18N2.12C2H6/c1-4-8-21-17(5-1)13-19-15-27-26(16-24(19)21)28-23(29-30-11-12-31(27)29)10-9-22-20-7-3-2-6-18(20)14-25(22)28;1-3-7-19-17(5-1)15-25-21(19)9-11-23-24-12-10-22-20-8-4-2-6-18(20)16-26(22)28(24)31-14-13-30-29(31)27(23)25;1-3-7-21-17(5-1)11-19-13-25-26-14-20-12-18-6-2-4-8-22(18)24(20)16-28(26)31-10-9-30-29(31)27(25)15-23(19)21;12*1-2/h1-12,15-16H,13-14H2;1-14H,15-16H2;1-10,13-16H,11-12H2;12*1-2H3. The number of rotatable bonds is 0. The first-order chi connectivity index (χ1) is 58.1. The van der Waals surface area contributed by atoms with Crippen LogP contribution in [0, 0.1) is 0 Å². The van der Waals surface area contributed by atoms with Gasteiger partial charge >= 0.3 is 0 Å². The molecule has 0 bridgehead atoms. The lowest BCUT2D eigenvalue weighted by atomic mass is 9.94. The minimum atomic E-state index is 0.979. The van der Waals surface area contributed by atoms with Crippen molar-refractivity contribution in [1.82, 2.24) is 28.2 Å². The Kier molecular flexibility index (Phi) is 30.5. The molecule has 0 radical (unpaired) electrons. The van der Waals surface area contributed by atoms with Gasteiger partial charge in [-0.15, -0.1) is 0 Å². The molecule has 0 amide bonds. The molecule has 24 rings (SSSR count). The molecule has 0 saturated heterocycles. The molecule has 600 valence electrons. The largest absolute Gasteiger partial charge is 0.299 e. The number of benzene rings is 12. The van der Waals surface area contributed by atoms with Gasteiger partial charge in [-0.05, 0) is 224 Å². The third kappa shape index (κ3) is 15.3. The maximum absolute atomic E-state index is 4.87. The number of fused-ring (bicyclic) bond motifs is 39. The van der Waals surface area contributed by atoms with E-state index >= 15 is 0 Å². The van der Waals surface area contributed by atoms with Gasteiger partial charge in [0.15, 0.2) is 0 Å². The van der Waals surface area contributed by atoms with Gasteiger partial charge < -0.3 is 0 Å². The Bertz CT molecular complexity index is 6160. The maximum Gasteiger partial charge on any atom is 0.145 e. The normalized spacial score (nSPS) is 11.4. The van der Waals surface area contributed by atoms with Crippen LogP contribution in [0.2, 0.25) is 0 Å². The molecular weight excluding hydrogens is 1420 g/mol. The predicted molar refractivity (Wildman–Crippen MR) is 516 cm³/mol. The Morgan fingerprint density at radius 2 is 0.504 bits per heavy atom. The quantitative estimate of drug-likeness (QED) is 0.142. The van der Waals surface area contributed by atoms with Gasteiger partial charge in [-0.3, -0.25) is 13.2 Å². The Hall–Kier alpha value is -11.7. The van der Waals surface area contributed by atoms with E-state index in [1.807, 2.05) is 185 Å². The van der Waals surface area contributed by atoms with Crippen LogP contribution in [-0.2, 0) is 38.5 Å². The summed E-state index contributed by atoms with van der Waals surface area (Å²) < 4.78 is 6.88. The van der Waals surface area contributed by atoms with Crippen molar-refractivity contribution < 1.29 is 0 Å². The molecule has 6 nitrogen and oxygen atoms in total. The fraction of sp³-hybridized carbons (Fsp3) is 0.270. The van der Waals surface area contributed by atoms with E-state index in [1.165, 1.54) is 199 Å². The fourth-order valence-electron chi connectivity index (χ4n) is 17.9. The van der Waals surface area contributed by atoms with Crippen LogP contribution in [0.25, 0.3) is 149 Å². The molecule has 0 saturated carbocycles. The van der Waals surface area contributed by atoms with E-state index in [2.05, 4.69) is 250 Å². The van der Waals surface area contributed by atoms with Gasteiger partial charge in [0.25, 0.3) is 0 Å². The monoisotopic (exact) mass is 1540 g/mol. The zero-order valence-electron chi connectivity index (χ0n) is 74.7. The molecule has 0 N–H and O–H groups in total. The van der Waals surface area contributed by atoms with Gasteiger partial charge in [-0.25, -0.2) is 15.0 Å². The molecule has 0 aliphatic heterocycles. The average Bonchev–Trinajstić information content (AvgIpc) is 1.58. The van der Waals surface area contributed by atoms with Crippen molar-refractivity contribution in [1.29, 1.82) is 0 Å². The summed E-state index contributed by atoms with van der Waals surface area (Å²) in [5.74, 6) is 0. The van der Waals surface area contributed by atoms with Crippen LogP contribution in [0.1, 0.15) is 233 Å². The SMILES string of the molecule is CC.CC.CC.CC.CC.CC.CC.CC.CC.CC.CC.CC.c1ccc2c(c1)Cc1c-2ccc2c3ccc4c(c3n3ccnc3c12)Cc1ccccc1-4.c1ccc2c(c1)Cc1cc3c(cc1-2)c1c2c(ccc1c1nccn31)-c1ccccc1C2.c1ccc2c(c1)Cc1cc3c4cc5c(cc4n4ccnc4c3cc1-2)-c1ccccc1C5. The first kappa shape index (κ1) is 87.7. The highest BCUT2D eigenvalue weighted by atomic mass is 15.0. The lowest BCUT2D eigenvalue weighted by Crippen LogP contribution is -1.97. The second-order valence-electron chi connectivity index (χ2n) is 26.5. The second-order valence-corrected chi connectivity index (χ2v) is 26.5. The Morgan fingerprint density at radius 1 is 0.197 bits per heavy atom. The first-order valence-corrected chi connectivity index (χ1v) is 44.7. The Morgan fingerprint density at radius 3 is 0.949 bits per heavy atom. The van der Waals surface area contributed by atoms with Crippen molar-refractivity contribution in [3.8, 4) is 66.8 Å². The Balaban J connectivity index is 0.000000164. The number of hydrogen-bond donors (Lipinski definition) is 0. The number of pyridine rings is 3. The highest BCUT2D eigenvalue weighted by Gasteiger charge is 2.30. The summed E-state index contributed by atoms with van der Waals surface area (Å²) >= 11 is 0. The number of aromatic nitrogens is 6. The number of nitrogens with zero attached hydrogens (tertiary/aromatic N) is 6. The summed E-state index contributed by atoms with van der Waals surface area (Å²) in [5, 5.41) is 11.8. The fourth-order valence-corrected chi connectivity index (χ4v) is 17.9. The van der Waals surface area contributed by atoms with Crippen molar-refractivity contribution in [2.45, 2.75) is 205 Å². The molecule has 0 unspecified atom stereocenters. The van der Waals surface area contributed by atoms with Crippen LogP contribution < -0.4 is 0 Å². The summed E-state index contributed by atoms with van der Waals surface area (Å²) in [7, 11) is 0. The van der Waals surface area contributed by atoms with Gasteiger partial charge in [0.2, 0.25) is 0 Å². The lowest BCUT2D eigenvalue weighted by Gasteiger charge is -2.15. The molecule has 18 aromatic rings.